The average Bonchev–Trinajstić information content (AvgIpc) is 3.06. The standard InChI is InChI=1S/C21H25N5O/c1-4-6-19-24-15(2)13-18(25-19)16-7-5-8-17(14-16)21(27)23-10-9-20-22-11-12-26(20)3/h5,7-8,11-14H,4,6,9-10H2,1-3H3,(H,23,27). The molecule has 3 rings (SSSR count). The molecule has 0 spiro atoms. The third-order valence-electron chi connectivity index (χ3n) is 4.35. The molecule has 6 nitrogen and oxygen atoms in total. The molecule has 140 valence electrons. The zero-order chi connectivity index (χ0) is 19.2. The molecule has 1 amide bonds. The van der Waals surface area contributed by atoms with Crippen LogP contribution in [0.4, 0.5) is 0 Å². The van der Waals surface area contributed by atoms with E-state index >= 15 is 0 Å². The van der Waals surface area contributed by atoms with E-state index in [9.17, 15) is 4.79 Å². The number of nitrogens with zero attached hydrogens (tertiary/aromatic N) is 4. The molecule has 0 fully saturated rings. The van der Waals surface area contributed by atoms with E-state index in [1.165, 1.54) is 0 Å². The van der Waals surface area contributed by atoms with Gasteiger partial charge in [0.2, 0.25) is 0 Å². The number of aromatic nitrogens is 4. The Hall–Kier alpha value is -3.02. The summed E-state index contributed by atoms with van der Waals surface area (Å²) in [5, 5.41) is 2.96. The van der Waals surface area contributed by atoms with E-state index in [4.69, 9.17) is 0 Å². The fourth-order valence-corrected chi connectivity index (χ4v) is 2.96. The van der Waals surface area contributed by atoms with Crippen LogP contribution in [-0.4, -0.2) is 32.0 Å². The maximum Gasteiger partial charge on any atom is 0.251 e. The highest BCUT2D eigenvalue weighted by Gasteiger charge is 2.10. The highest BCUT2D eigenvalue weighted by Crippen LogP contribution is 2.20. The van der Waals surface area contributed by atoms with Crippen molar-refractivity contribution < 1.29 is 4.79 Å². The third-order valence-corrected chi connectivity index (χ3v) is 4.35. The lowest BCUT2D eigenvalue weighted by Gasteiger charge is -2.09. The maximum absolute atomic E-state index is 12.5. The molecule has 0 aliphatic heterocycles. The second kappa shape index (κ2) is 8.58. The summed E-state index contributed by atoms with van der Waals surface area (Å²) in [5.41, 5.74) is 3.34. The van der Waals surface area contributed by atoms with E-state index in [1.54, 1.807) is 6.20 Å². The first-order valence-corrected chi connectivity index (χ1v) is 9.26. The SMILES string of the molecule is CCCc1nc(C)cc(-c2cccc(C(=O)NCCc3nccn3C)c2)n1. The van der Waals surface area contributed by atoms with Crippen molar-refractivity contribution in [2.75, 3.05) is 6.54 Å². The van der Waals surface area contributed by atoms with Crippen molar-refractivity contribution in [3.63, 3.8) is 0 Å². The van der Waals surface area contributed by atoms with Gasteiger partial charge in [-0.2, -0.15) is 0 Å². The number of aryl methyl sites for hydroxylation is 3. The van der Waals surface area contributed by atoms with Crippen LogP contribution < -0.4 is 5.32 Å². The van der Waals surface area contributed by atoms with Gasteiger partial charge >= 0.3 is 0 Å². The summed E-state index contributed by atoms with van der Waals surface area (Å²) in [5.74, 6) is 1.70. The molecule has 1 aromatic carbocycles. The van der Waals surface area contributed by atoms with E-state index in [2.05, 4.69) is 27.2 Å². The van der Waals surface area contributed by atoms with Crippen LogP contribution in [0, 0.1) is 6.92 Å². The zero-order valence-corrected chi connectivity index (χ0v) is 16.1. The van der Waals surface area contributed by atoms with Crippen LogP contribution in [-0.2, 0) is 19.9 Å². The van der Waals surface area contributed by atoms with Crippen molar-refractivity contribution in [3.05, 3.63) is 65.6 Å². The summed E-state index contributed by atoms with van der Waals surface area (Å²) in [6.07, 6.45) is 6.21. The molecule has 2 heterocycles. The molecular formula is C21H25N5O. The van der Waals surface area contributed by atoms with Gasteiger partial charge in [0.25, 0.3) is 5.91 Å². The molecule has 0 radical (unpaired) electrons. The van der Waals surface area contributed by atoms with Crippen molar-refractivity contribution in [3.8, 4) is 11.3 Å². The Bertz CT molecular complexity index is 932. The fraction of sp³-hybridized carbons (Fsp3) is 0.333. The van der Waals surface area contributed by atoms with Crippen LogP contribution in [0.25, 0.3) is 11.3 Å². The van der Waals surface area contributed by atoms with Crippen molar-refractivity contribution in [2.24, 2.45) is 7.05 Å². The summed E-state index contributed by atoms with van der Waals surface area (Å²) < 4.78 is 1.96. The maximum atomic E-state index is 12.5. The summed E-state index contributed by atoms with van der Waals surface area (Å²) in [6.45, 7) is 4.63. The van der Waals surface area contributed by atoms with Crippen LogP contribution >= 0.6 is 0 Å². The van der Waals surface area contributed by atoms with Crippen LogP contribution in [0.15, 0.2) is 42.7 Å². The minimum atomic E-state index is -0.0920. The Kier molecular flexibility index (Phi) is 5.96. The lowest BCUT2D eigenvalue weighted by Crippen LogP contribution is -2.26. The molecule has 0 unspecified atom stereocenters. The third kappa shape index (κ3) is 4.78. The van der Waals surface area contributed by atoms with Gasteiger partial charge in [-0.3, -0.25) is 4.79 Å². The highest BCUT2D eigenvalue weighted by atomic mass is 16.1. The van der Waals surface area contributed by atoms with E-state index < -0.39 is 0 Å². The molecule has 27 heavy (non-hydrogen) atoms. The number of imidazole rings is 1. The molecule has 0 saturated carbocycles. The number of hydrogen-bond acceptors (Lipinski definition) is 4. The van der Waals surface area contributed by atoms with Gasteiger partial charge < -0.3 is 9.88 Å². The summed E-state index contributed by atoms with van der Waals surface area (Å²) in [4.78, 5) is 25.9. The second-order valence-electron chi connectivity index (χ2n) is 6.60. The smallest absolute Gasteiger partial charge is 0.251 e. The second-order valence-corrected chi connectivity index (χ2v) is 6.60. The van der Waals surface area contributed by atoms with Crippen molar-refractivity contribution >= 4 is 5.91 Å². The Morgan fingerprint density at radius 2 is 2.04 bits per heavy atom. The lowest BCUT2D eigenvalue weighted by molar-refractivity contribution is 0.0954. The molecule has 2 aromatic heterocycles. The van der Waals surface area contributed by atoms with E-state index in [1.807, 2.05) is 55.1 Å². The van der Waals surface area contributed by atoms with Gasteiger partial charge in [0.1, 0.15) is 11.6 Å². The molecule has 1 N–H and O–H groups in total. The summed E-state index contributed by atoms with van der Waals surface area (Å²) in [7, 11) is 1.95. The quantitative estimate of drug-likeness (QED) is 0.700. The Morgan fingerprint density at radius 1 is 1.19 bits per heavy atom. The fourth-order valence-electron chi connectivity index (χ4n) is 2.96. The number of hydrogen-bond donors (Lipinski definition) is 1. The monoisotopic (exact) mass is 363 g/mol. The van der Waals surface area contributed by atoms with Gasteiger partial charge in [0.15, 0.2) is 0 Å². The first kappa shape index (κ1) is 18.8. The molecule has 0 aliphatic rings. The number of benzene rings is 1. The molecular weight excluding hydrogens is 338 g/mol. The number of amides is 1. The minimum absolute atomic E-state index is 0.0920. The van der Waals surface area contributed by atoms with Gasteiger partial charge in [-0.05, 0) is 31.5 Å². The number of rotatable bonds is 7. The normalized spacial score (nSPS) is 10.8. The Morgan fingerprint density at radius 3 is 2.78 bits per heavy atom. The molecule has 3 aromatic rings. The van der Waals surface area contributed by atoms with E-state index in [-0.39, 0.29) is 5.91 Å². The van der Waals surface area contributed by atoms with Gasteiger partial charge in [-0.25, -0.2) is 15.0 Å². The Labute approximate surface area is 159 Å². The topological polar surface area (TPSA) is 72.7 Å². The molecule has 0 bridgehead atoms. The van der Waals surface area contributed by atoms with Gasteiger partial charge in [-0.15, -0.1) is 0 Å². The van der Waals surface area contributed by atoms with Crippen molar-refractivity contribution in [1.29, 1.82) is 0 Å². The highest BCUT2D eigenvalue weighted by molar-refractivity contribution is 5.95. The van der Waals surface area contributed by atoms with Crippen LogP contribution in [0.3, 0.4) is 0 Å². The van der Waals surface area contributed by atoms with Crippen LogP contribution in [0.2, 0.25) is 0 Å². The minimum Gasteiger partial charge on any atom is -0.352 e. The van der Waals surface area contributed by atoms with Crippen molar-refractivity contribution in [2.45, 2.75) is 33.1 Å². The predicted octanol–water partition coefficient (Wildman–Crippen LogP) is 3.11. The van der Waals surface area contributed by atoms with E-state index in [0.29, 0.717) is 18.5 Å². The van der Waals surface area contributed by atoms with Crippen LogP contribution in [0.5, 0.6) is 0 Å². The zero-order valence-electron chi connectivity index (χ0n) is 16.1. The predicted molar refractivity (Wildman–Crippen MR) is 105 cm³/mol. The largest absolute Gasteiger partial charge is 0.352 e. The van der Waals surface area contributed by atoms with Gasteiger partial charge in [-0.1, -0.05) is 19.1 Å². The molecule has 6 heteroatoms. The van der Waals surface area contributed by atoms with Crippen molar-refractivity contribution in [1.82, 2.24) is 24.8 Å². The summed E-state index contributed by atoms with van der Waals surface area (Å²) >= 11 is 0. The first-order chi connectivity index (χ1) is 13.1. The molecule has 0 atom stereocenters. The first-order valence-electron chi connectivity index (χ1n) is 9.26. The van der Waals surface area contributed by atoms with Gasteiger partial charge in [0, 0.05) is 55.6 Å². The Balaban J connectivity index is 1.71. The molecule has 0 aliphatic carbocycles. The number of carbonyl (C=O) groups is 1. The lowest BCUT2D eigenvalue weighted by atomic mass is 10.1. The number of carbonyl (C=O) groups excluding carboxylic acids is 1. The molecule has 0 saturated heterocycles. The van der Waals surface area contributed by atoms with Crippen LogP contribution in [0.1, 0.15) is 41.0 Å². The van der Waals surface area contributed by atoms with Gasteiger partial charge in [0.05, 0.1) is 5.69 Å². The number of nitrogens with one attached hydrogen (secondary N) is 1. The van der Waals surface area contributed by atoms with E-state index in [0.717, 1.165) is 41.4 Å². The average molecular weight is 363 g/mol. The summed E-state index contributed by atoms with van der Waals surface area (Å²) in [6, 6.07) is 9.52.